The number of nitrogens with zero attached hydrogens (tertiary/aromatic N) is 3. The third kappa shape index (κ3) is 3.81. The van der Waals surface area contributed by atoms with E-state index in [4.69, 9.17) is 5.73 Å². The van der Waals surface area contributed by atoms with Crippen molar-refractivity contribution in [2.24, 2.45) is 12.8 Å². The van der Waals surface area contributed by atoms with Crippen LogP contribution < -0.4 is 5.73 Å². The molecule has 3 rings (SSSR count). The summed E-state index contributed by atoms with van der Waals surface area (Å²) in [6.07, 6.45) is 1.38. The SMILES string of the molecule is Cc1cc(C)cc(C(=O)N2CCN(S(=O)(=O)c3cc(C(N)=O)n(C)c3)CC2)c1. The molecule has 1 aliphatic rings. The van der Waals surface area contributed by atoms with Crippen LogP contribution in [0.2, 0.25) is 0 Å². The zero-order valence-corrected chi connectivity index (χ0v) is 17.0. The Morgan fingerprint density at radius 1 is 0.964 bits per heavy atom. The van der Waals surface area contributed by atoms with E-state index in [0.717, 1.165) is 11.1 Å². The van der Waals surface area contributed by atoms with Crippen LogP contribution in [0.5, 0.6) is 0 Å². The normalized spacial score (nSPS) is 15.6. The minimum absolute atomic E-state index is 0.0258. The fraction of sp³-hybridized carbons (Fsp3) is 0.368. The largest absolute Gasteiger partial charge is 0.364 e. The van der Waals surface area contributed by atoms with Gasteiger partial charge in [0.25, 0.3) is 11.8 Å². The van der Waals surface area contributed by atoms with Crippen molar-refractivity contribution in [3.05, 3.63) is 52.8 Å². The molecule has 2 aromatic rings. The highest BCUT2D eigenvalue weighted by atomic mass is 32.2. The zero-order chi connectivity index (χ0) is 20.6. The molecule has 0 spiro atoms. The number of sulfonamides is 1. The molecule has 0 radical (unpaired) electrons. The summed E-state index contributed by atoms with van der Waals surface area (Å²) in [5.41, 5.74) is 8.03. The number of amides is 2. The van der Waals surface area contributed by atoms with Gasteiger partial charge in [-0.15, -0.1) is 0 Å². The van der Waals surface area contributed by atoms with E-state index in [1.807, 2.05) is 32.0 Å². The summed E-state index contributed by atoms with van der Waals surface area (Å²) in [5, 5.41) is 0. The van der Waals surface area contributed by atoms with Crippen LogP contribution in [-0.4, -0.2) is 60.2 Å². The van der Waals surface area contributed by atoms with Crippen LogP contribution in [0.1, 0.15) is 32.0 Å². The molecule has 9 heteroatoms. The van der Waals surface area contributed by atoms with Gasteiger partial charge in [0.1, 0.15) is 10.6 Å². The Balaban J connectivity index is 1.73. The maximum atomic E-state index is 12.9. The summed E-state index contributed by atoms with van der Waals surface area (Å²) in [6, 6.07) is 6.97. The summed E-state index contributed by atoms with van der Waals surface area (Å²) in [6.45, 7) is 4.88. The highest BCUT2D eigenvalue weighted by Crippen LogP contribution is 2.21. The number of aromatic nitrogens is 1. The maximum Gasteiger partial charge on any atom is 0.265 e. The number of carbonyl (C=O) groups excluding carboxylic acids is 2. The van der Waals surface area contributed by atoms with Gasteiger partial charge in [0.05, 0.1) is 0 Å². The molecule has 2 amide bonds. The average molecular weight is 404 g/mol. The standard InChI is InChI=1S/C19H24N4O4S/c1-13-8-14(2)10-15(9-13)19(25)22-4-6-23(7-5-22)28(26,27)16-11-17(18(20)24)21(3)12-16/h8-12H,4-7H2,1-3H3,(H2,20,24). The second-order valence-electron chi connectivity index (χ2n) is 7.11. The Labute approximate surface area is 164 Å². The zero-order valence-electron chi connectivity index (χ0n) is 16.2. The van der Waals surface area contributed by atoms with Gasteiger partial charge >= 0.3 is 0 Å². The van der Waals surface area contributed by atoms with Crippen LogP contribution in [0.25, 0.3) is 0 Å². The van der Waals surface area contributed by atoms with Gasteiger partial charge in [-0.2, -0.15) is 4.31 Å². The van der Waals surface area contributed by atoms with Crippen molar-refractivity contribution >= 4 is 21.8 Å². The second-order valence-corrected chi connectivity index (χ2v) is 9.05. The van der Waals surface area contributed by atoms with E-state index in [1.54, 1.807) is 11.9 Å². The molecule has 0 aliphatic carbocycles. The molecule has 1 fully saturated rings. The van der Waals surface area contributed by atoms with Crippen LogP contribution in [0, 0.1) is 13.8 Å². The maximum absolute atomic E-state index is 12.9. The van der Waals surface area contributed by atoms with E-state index < -0.39 is 15.9 Å². The van der Waals surface area contributed by atoms with Crippen molar-refractivity contribution in [2.75, 3.05) is 26.2 Å². The molecule has 1 aromatic carbocycles. The number of benzene rings is 1. The lowest BCUT2D eigenvalue weighted by Crippen LogP contribution is -2.50. The van der Waals surface area contributed by atoms with Gasteiger partial charge in [-0.05, 0) is 32.0 Å². The summed E-state index contributed by atoms with van der Waals surface area (Å²) in [7, 11) is -2.19. The van der Waals surface area contributed by atoms with Gasteiger partial charge < -0.3 is 15.2 Å². The highest BCUT2D eigenvalue weighted by Gasteiger charge is 2.31. The molecule has 2 N–H and O–H groups in total. The van der Waals surface area contributed by atoms with Gasteiger partial charge in [-0.1, -0.05) is 17.2 Å². The number of aryl methyl sites for hydroxylation is 3. The third-order valence-corrected chi connectivity index (χ3v) is 6.73. The molecule has 0 bridgehead atoms. The number of carbonyl (C=O) groups is 2. The Hall–Kier alpha value is -2.65. The first kappa shape index (κ1) is 20.1. The Bertz CT molecular complexity index is 1010. The molecule has 0 atom stereocenters. The molecule has 1 saturated heterocycles. The minimum Gasteiger partial charge on any atom is -0.364 e. The second kappa shape index (κ2) is 7.40. The average Bonchev–Trinajstić information content (AvgIpc) is 3.03. The molecule has 8 nitrogen and oxygen atoms in total. The van der Waals surface area contributed by atoms with E-state index in [0.29, 0.717) is 18.7 Å². The molecule has 150 valence electrons. The fourth-order valence-corrected chi connectivity index (χ4v) is 4.98. The monoisotopic (exact) mass is 404 g/mol. The lowest BCUT2D eigenvalue weighted by molar-refractivity contribution is 0.0697. The van der Waals surface area contributed by atoms with E-state index in [9.17, 15) is 18.0 Å². The number of hydrogen-bond acceptors (Lipinski definition) is 4. The van der Waals surface area contributed by atoms with Crippen LogP contribution in [-0.2, 0) is 17.1 Å². The van der Waals surface area contributed by atoms with E-state index in [1.165, 1.54) is 21.1 Å². The van der Waals surface area contributed by atoms with E-state index >= 15 is 0 Å². The lowest BCUT2D eigenvalue weighted by atomic mass is 10.1. The molecule has 2 heterocycles. The number of piperazine rings is 1. The Kier molecular flexibility index (Phi) is 5.31. The molecule has 0 unspecified atom stereocenters. The number of primary amides is 1. The molecular weight excluding hydrogens is 380 g/mol. The molecule has 0 saturated carbocycles. The minimum atomic E-state index is -3.76. The quantitative estimate of drug-likeness (QED) is 0.817. The summed E-state index contributed by atoms with van der Waals surface area (Å²) in [4.78, 5) is 25.8. The van der Waals surface area contributed by atoms with Crippen LogP contribution in [0.4, 0.5) is 0 Å². The van der Waals surface area contributed by atoms with Crippen LogP contribution in [0.15, 0.2) is 35.4 Å². The first-order chi connectivity index (χ1) is 13.1. The van der Waals surface area contributed by atoms with Crippen molar-refractivity contribution in [1.82, 2.24) is 13.8 Å². The van der Waals surface area contributed by atoms with Crippen LogP contribution in [0.3, 0.4) is 0 Å². The van der Waals surface area contributed by atoms with Gasteiger partial charge in [0.15, 0.2) is 0 Å². The van der Waals surface area contributed by atoms with Crippen LogP contribution >= 0.6 is 0 Å². The summed E-state index contributed by atoms with van der Waals surface area (Å²) in [5.74, 6) is -0.785. The van der Waals surface area contributed by atoms with E-state index in [2.05, 4.69) is 0 Å². The van der Waals surface area contributed by atoms with Crippen molar-refractivity contribution in [3.8, 4) is 0 Å². The van der Waals surface area contributed by atoms with Gasteiger partial charge in [-0.3, -0.25) is 9.59 Å². The molecule has 28 heavy (non-hydrogen) atoms. The topological polar surface area (TPSA) is 106 Å². The van der Waals surface area contributed by atoms with Crippen molar-refractivity contribution in [3.63, 3.8) is 0 Å². The summed E-state index contributed by atoms with van der Waals surface area (Å²) < 4.78 is 28.5. The molecule has 1 aliphatic heterocycles. The van der Waals surface area contributed by atoms with Gasteiger partial charge in [-0.25, -0.2) is 8.42 Å². The predicted octanol–water partition coefficient (Wildman–Crippen LogP) is 0.888. The van der Waals surface area contributed by atoms with Gasteiger partial charge in [0, 0.05) is 45.0 Å². The van der Waals surface area contributed by atoms with Crippen molar-refractivity contribution in [2.45, 2.75) is 18.7 Å². The smallest absolute Gasteiger partial charge is 0.265 e. The first-order valence-electron chi connectivity index (χ1n) is 8.93. The Morgan fingerprint density at radius 3 is 2.04 bits per heavy atom. The van der Waals surface area contributed by atoms with Crippen molar-refractivity contribution < 1.29 is 18.0 Å². The van der Waals surface area contributed by atoms with Gasteiger partial charge in [0.2, 0.25) is 10.0 Å². The fourth-order valence-electron chi connectivity index (χ4n) is 3.48. The first-order valence-corrected chi connectivity index (χ1v) is 10.4. The number of hydrogen-bond donors (Lipinski definition) is 1. The number of nitrogens with two attached hydrogens (primary N) is 1. The molecular formula is C19H24N4O4S. The van der Waals surface area contributed by atoms with E-state index in [-0.39, 0.29) is 29.6 Å². The molecule has 1 aromatic heterocycles. The Morgan fingerprint density at radius 2 is 1.54 bits per heavy atom. The third-order valence-electron chi connectivity index (χ3n) is 4.86. The van der Waals surface area contributed by atoms with Crippen molar-refractivity contribution in [1.29, 1.82) is 0 Å². The summed E-state index contributed by atoms with van der Waals surface area (Å²) >= 11 is 0. The number of rotatable bonds is 4. The highest BCUT2D eigenvalue weighted by molar-refractivity contribution is 7.89. The lowest BCUT2D eigenvalue weighted by Gasteiger charge is -2.34. The predicted molar refractivity (Wildman–Crippen MR) is 105 cm³/mol.